The highest BCUT2D eigenvalue weighted by molar-refractivity contribution is 5.91. The van der Waals surface area contributed by atoms with Crippen LogP contribution in [-0.4, -0.2) is 203 Å². The maximum atomic E-state index is 13.5. The molecule has 7 heterocycles. The minimum atomic E-state index is -0.958. The summed E-state index contributed by atoms with van der Waals surface area (Å²) >= 11 is 0. The van der Waals surface area contributed by atoms with Crippen LogP contribution in [0.1, 0.15) is 132 Å². The van der Waals surface area contributed by atoms with Crippen LogP contribution in [0.3, 0.4) is 0 Å². The van der Waals surface area contributed by atoms with E-state index in [0.29, 0.717) is 38.0 Å². The number of ether oxygens (including phenoxy) is 16. The molecular formula is C55H90O20. The Bertz CT molecular complexity index is 1920. The van der Waals surface area contributed by atoms with E-state index >= 15 is 0 Å². The lowest BCUT2D eigenvalue weighted by Crippen LogP contribution is -2.58. The Morgan fingerprint density at radius 2 is 0.960 bits per heavy atom. The molecule has 7 aliphatic heterocycles. The van der Waals surface area contributed by atoms with Gasteiger partial charge in [-0.05, 0) is 98.3 Å². The van der Waals surface area contributed by atoms with E-state index in [1.165, 1.54) is 0 Å². The fourth-order valence-electron chi connectivity index (χ4n) is 15.8. The molecule has 2 bridgehead atoms. The third-order valence-electron chi connectivity index (χ3n) is 20.1. The van der Waals surface area contributed by atoms with Gasteiger partial charge in [-0.15, -0.1) is 0 Å². The molecule has 75 heavy (non-hydrogen) atoms. The van der Waals surface area contributed by atoms with Gasteiger partial charge in [-0.2, -0.15) is 0 Å². The van der Waals surface area contributed by atoms with Crippen LogP contribution in [-0.2, 0) is 80.6 Å². The molecule has 0 aromatic rings. The van der Waals surface area contributed by atoms with Crippen molar-refractivity contribution < 1.29 is 95.9 Å². The number of hydrogen-bond donors (Lipinski definition) is 3. The number of aliphatic hydroxyl groups is 3. The summed E-state index contributed by atoms with van der Waals surface area (Å²) in [6, 6.07) is 0. The summed E-state index contributed by atoms with van der Waals surface area (Å²) < 4.78 is 102. The lowest BCUT2D eigenvalue weighted by atomic mass is 9.52. The number of rotatable bonds is 14. The van der Waals surface area contributed by atoms with Crippen molar-refractivity contribution in [3.05, 3.63) is 0 Å². The van der Waals surface area contributed by atoms with Gasteiger partial charge < -0.3 is 91.1 Å². The Hall–Kier alpha value is -1.09. The van der Waals surface area contributed by atoms with Crippen molar-refractivity contribution in [1.29, 1.82) is 0 Å². The molecule has 3 saturated carbocycles. The average molecular weight is 1070 g/mol. The topological polar surface area (TPSA) is 225 Å². The second-order valence-corrected chi connectivity index (χ2v) is 24.4. The molecule has 430 valence electrons. The van der Waals surface area contributed by atoms with Gasteiger partial charge in [-0.25, -0.2) is 0 Å². The quantitative estimate of drug-likeness (QED) is 0.204. The van der Waals surface area contributed by atoms with Gasteiger partial charge in [0.05, 0.1) is 84.8 Å². The summed E-state index contributed by atoms with van der Waals surface area (Å²) in [4.78, 5) is 13.5. The maximum absolute atomic E-state index is 13.5. The van der Waals surface area contributed by atoms with Crippen LogP contribution in [0, 0.1) is 28.6 Å². The highest BCUT2D eigenvalue weighted by Crippen LogP contribution is 2.67. The minimum Gasteiger partial charge on any atom is -0.390 e. The third-order valence-corrected chi connectivity index (χ3v) is 20.1. The highest BCUT2D eigenvalue weighted by atomic mass is 16.8. The monoisotopic (exact) mass is 1070 g/mol. The van der Waals surface area contributed by atoms with Crippen LogP contribution < -0.4 is 0 Å². The molecule has 3 N–H and O–H groups in total. The first-order chi connectivity index (χ1) is 35.7. The van der Waals surface area contributed by atoms with Gasteiger partial charge in [-0.1, -0.05) is 6.92 Å². The molecule has 10 aliphatic rings. The molecule has 7 saturated heterocycles. The van der Waals surface area contributed by atoms with Gasteiger partial charge in [-0.3, -0.25) is 4.79 Å². The summed E-state index contributed by atoms with van der Waals surface area (Å²) in [5, 5.41) is 32.7. The summed E-state index contributed by atoms with van der Waals surface area (Å²) in [5.74, 6) is -0.312. The van der Waals surface area contributed by atoms with Gasteiger partial charge in [0.1, 0.15) is 36.6 Å². The van der Waals surface area contributed by atoms with E-state index in [-0.39, 0.29) is 60.0 Å². The van der Waals surface area contributed by atoms with Crippen molar-refractivity contribution in [2.75, 3.05) is 28.4 Å². The second-order valence-electron chi connectivity index (χ2n) is 24.4. The molecule has 10 rings (SSSR count). The summed E-state index contributed by atoms with van der Waals surface area (Å²) in [6.45, 7) is 15.9. The van der Waals surface area contributed by atoms with E-state index in [9.17, 15) is 20.1 Å². The number of Topliss-reactive ketones (excluding diaryl/α,β-unsaturated/α-hetero) is 1. The summed E-state index contributed by atoms with van der Waals surface area (Å²) in [6.07, 6.45) is -4.83. The van der Waals surface area contributed by atoms with Gasteiger partial charge in [0.15, 0.2) is 43.0 Å². The van der Waals surface area contributed by atoms with Crippen molar-refractivity contribution >= 4 is 5.78 Å². The SMILES string of the molecule is CO[C@H]1C[C@H](O[C@@H]2[C@@H](C)O[C@@H](O[C@H]3[C@@H](O)C[C@H](O[C@@H]4[C@@H](C)O[C@@H](O[C@H]5CC[C@@]6(C)[C@@H](CC[C@@]78O[C@@H](C)[C@@H]9C[C@H](O)C(=O)[C@]9(C)[C@@H](C[C@@H]76)O8)C5)C[C@H]4OC)O[C@@H]3C)C[C@H]2OC)O[C@H](C)[C@H]1O[C@H]1C[C@@H](OC)[C@H](O)[C@@H](C)O1. The van der Waals surface area contributed by atoms with Crippen LogP contribution in [0.5, 0.6) is 0 Å². The van der Waals surface area contributed by atoms with Crippen LogP contribution in [0.2, 0.25) is 0 Å². The maximum Gasteiger partial charge on any atom is 0.172 e. The predicted octanol–water partition coefficient (Wildman–Crippen LogP) is 4.45. The Labute approximate surface area is 443 Å². The molecular weight excluding hydrogens is 981 g/mol. The van der Waals surface area contributed by atoms with Crippen LogP contribution in [0.15, 0.2) is 0 Å². The Kier molecular flexibility index (Phi) is 17.3. The smallest absolute Gasteiger partial charge is 0.172 e. The predicted molar refractivity (Wildman–Crippen MR) is 262 cm³/mol. The number of carbonyl (C=O) groups excluding carboxylic acids is 1. The van der Waals surface area contributed by atoms with Gasteiger partial charge >= 0.3 is 0 Å². The molecule has 3 aliphatic carbocycles. The minimum absolute atomic E-state index is 0.00698. The van der Waals surface area contributed by atoms with Crippen molar-refractivity contribution in [2.24, 2.45) is 28.6 Å². The Balaban J connectivity index is 0.682. The van der Waals surface area contributed by atoms with Crippen LogP contribution >= 0.6 is 0 Å². The molecule has 20 heteroatoms. The van der Waals surface area contributed by atoms with E-state index < -0.39 is 128 Å². The number of carbonyl (C=O) groups is 1. The van der Waals surface area contributed by atoms with Gasteiger partial charge in [0.25, 0.3) is 0 Å². The van der Waals surface area contributed by atoms with Gasteiger partial charge in [0.2, 0.25) is 0 Å². The highest BCUT2D eigenvalue weighted by Gasteiger charge is 2.71. The fourth-order valence-corrected chi connectivity index (χ4v) is 15.8. The van der Waals surface area contributed by atoms with Crippen molar-refractivity contribution in [3.8, 4) is 0 Å². The zero-order valence-electron chi connectivity index (χ0n) is 46.4. The largest absolute Gasteiger partial charge is 0.390 e. The summed E-state index contributed by atoms with van der Waals surface area (Å²) in [5.41, 5.74) is -0.796. The molecule has 0 unspecified atom stereocenters. The molecule has 0 amide bonds. The first-order valence-corrected chi connectivity index (χ1v) is 28.3. The van der Waals surface area contributed by atoms with Crippen molar-refractivity contribution in [3.63, 3.8) is 0 Å². The van der Waals surface area contributed by atoms with Crippen molar-refractivity contribution in [1.82, 2.24) is 0 Å². The molecule has 1 spiro atoms. The lowest BCUT2D eigenvalue weighted by molar-refractivity contribution is -0.351. The Morgan fingerprint density at radius 3 is 1.48 bits per heavy atom. The summed E-state index contributed by atoms with van der Waals surface area (Å²) in [7, 11) is 6.50. The number of methoxy groups -OCH3 is 4. The standard InChI is InChI=1S/C55H90O20/c1-25-33-18-35(57)52(59)54(33,8)41-24-40-53(7)15-14-32(17-31(53)13-16-55(40,74-25)75-41)69-43-21-37(61-10)49(28(4)66-43)71-42-19-34(56)48(27(3)65-42)70-45-22-38(62-11)51(29(5)67-45)73-46-23-39(63-12)50(30(6)68-46)72-44-20-36(60-9)47(58)26(2)64-44/h25-51,56-58H,13-24H2,1-12H3/t25-,26+,27+,28+,29+,30+,31-,32-,33-,34-,35-,36+,37+,38+,39-,40+,41+,42-,43-,44-,45-,46-,47+,48+,49+,50+,51+,53-,54-,55-/m0/s1. The molecule has 10 fully saturated rings. The lowest BCUT2D eigenvalue weighted by Gasteiger charge is -2.57. The zero-order chi connectivity index (χ0) is 53.5. The second kappa shape index (κ2) is 22.7. The van der Waals surface area contributed by atoms with Crippen LogP contribution in [0.4, 0.5) is 0 Å². The normalized spacial score (nSPS) is 55.2. The molecule has 0 radical (unpaired) electrons. The number of aliphatic hydroxyl groups excluding tert-OH is 3. The van der Waals surface area contributed by atoms with E-state index in [1.54, 1.807) is 35.4 Å². The van der Waals surface area contributed by atoms with Crippen molar-refractivity contribution in [2.45, 2.75) is 286 Å². The molecule has 0 aromatic heterocycles. The fraction of sp³-hybridized carbons (Fsp3) is 0.982. The first kappa shape index (κ1) is 57.2. The molecule has 0 aromatic carbocycles. The third kappa shape index (κ3) is 10.7. The number of hydrogen-bond acceptors (Lipinski definition) is 20. The Morgan fingerprint density at radius 1 is 0.493 bits per heavy atom. The molecule has 30 atom stereocenters. The van der Waals surface area contributed by atoms with E-state index in [4.69, 9.17) is 75.8 Å². The van der Waals surface area contributed by atoms with E-state index in [1.807, 2.05) is 34.6 Å². The van der Waals surface area contributed by atoms with Gasteiger partial charge in [0, 0.05) is 78.8 Å². The zero-order valence-corrected chi connectivity index (χ0v) is 46.4. The number of ketones is 1. The van der Waals surface area contributed by atoms with E-state index in [0.717, 1.165) is 38.5 Å². The number of fused-ring (bicyclic) bond motifs is 5. The first-order valence-electron chi connectivity index (χ1n) is 28.3. The van der Waals surface area contributed by atoms with Crippen LogP contribution in [0.25, 0.3) is 0 Å². The van der Waals surface area contributed by atoms with E-state index in [2.05, 4.69) is 13.8 Å². The average Bonchev–Trinajstić information content (AvgIpc) is 3.88. The molecule has 20 nitrogen and oxygen atoms in total.